The van der Waals surface area contributed by atoms with Crippen LogP contribution in [-0.4, -0.2) is 19.5 Å². The van der Waals surface area contributed by atoms with Crippen molar-refractivity contribution < 1.29 is 8.42 Å². The quantitative estimate of drug-likeness (QED) is 0.717. The first kappa shape index (κ1) is 16.7. The lowest BCUT2D eigenvalue weighted by Crippen LogP contribution is -2.14. The summed E-state index contributed by atoms with van der Waals surface area (Å²) in [6, 6.07) is 15.9. The Bertz CT molecular complexity index is 947. The second-order valence-electron chi connectivity index (χ2n) is 5.97. The van der Waals surface area contributed by atoms with Gasteiger partial charge in [-0.3, -0.25) is 0 Å². The van der Waals surface area contributed by atoms with Crippen molar-refractivity contribution >= 4 is 20.9 Å². The van der Waals surface area contributed by atoms with Crippen LogP contribution in [0.15, 0.2) is 54.7 Å². The van der Waals surface area contributed by atoms with Gasteiger partial charge in [0.15, 0.2) is 0 Å². The van der Waals surface area contributed by atoms with E-state index in [-0.39, 0.29) is 5.75 Å². The average molecular weight is 343 g/mol. The molecule has 0 spiro atoms. The van der Waals surface area contributed by atoms with Crippen LogP contribution in [0.25, 0.3) is 10.9 Å². The first-order valence-corrected chi connectivity index (χ1v) is 9.53. The van der Waals surface area contributed by atoms with Gasteiger partial charge < -0.3 is 10.3 Å². The van der Waals surface area contributed by atoms with Crippen LogP contribution >= 0.6 is 0 Å². The van der Waals surface area contributed by atoms with Crippen LogP contribution in [0.1, 0.15) is 16.7 Å². The number of hydrogen-bond donors (Lipinski definition) is 2. The van der Waals surface area contributed by atoms with Crippen LogP contribution in [0.2, 0.25) is 0 Å². The van der Waals surface area contributed by atoms with E-state index in [0.717, 1.165) is 29.4 Å². The molecule has 0 fully saturated rings. The Labute approximate surface area is 141 Å². The van der Waals surface area contributed by atoms with Gasteiger partial charge in [-0.2, -0.15) is 0 Å². The van der Waals surface area contributed by atoms with Crippen LogP contribution in [0.4, 0.5) is 0 Å². The molecule has 1 heterocycles. The van der Waals surface area contributed by atoms with Crippen molar-refractivity contribution in [2.24, 2.45) is 10.9 Å². The maximum absolute atomic E-state index is 11.3. The molecule has 0 aliphatic rings. The van der Waals surface area contributed by atoms with Crippen molar-refractivity contribution in [3.05, 3.63) is 71.4 Å². The third kappa shape index (κ3) is 3.84. The summed E-state index contributed by atoms with van der Waals surface area (Å²) < 4.78 is 24.9. The zero-order valence-electron chi connectivity index (χ0n) is 13.4. The Morgan fingerprint density at radius 2 is 1.75 bits per heavy atom. The number of rotatable bonds is 6. The fourth-order valence-electron chi connectivity index (χ4n) is 3.01. The molecule has 0 aliphatic carbocycles. The predicted molar refractivity (Wildman–Crippen MR) is 97.1 cm³/mol. The summed E-state index contributed by atoms with van der Waals surface area (Å²) >= 11 is 0. The summed E-state index contributed by atoms with van der Waals surface area (Å²) in [5, 5.41) is 6.20. The minimum atomic E-state index is -3.54. The van der Waals surface area contributed by atoms with Crippen molar-refractivity contribution in [1.82, 2.24) is 4.57 Å². The predicted octanol–water partition coefficient (Wildman–Crippen LogP) is 1.98. The van der Waals surface area contributed by atoms with Gasteiger partial charge in [0.2, 0.25) is 10.0 Å². The molecule has 0 unspecified atom stereocenters. The Morgan fingerprint density at radius 1 is 1.00 bits per heavy atom. The van der Waals surface area contributed by atoms with E-state index < -0.39 is 10.0 Å². The SMILES string of the molecule is NCCc1cn(Cc2ccccc2)c2ccc(CS(N)(=O)=O)cc12. The highest BCUT2D eigenvalue weighted by atomic mass is 32.2. The Balaban J connectivity index is 2.04. The Kier molecular flexibility index (Phi) is 4.71. The van der Waals surface area contributed by atoms with Gasteiger partial charge in [-0.25, -0.2) is 13.6 Å². The van der Waals surface area contributed by atoms with Crippen LogP contribution in [-0.2, 0) is 28.7 Å². The van der Waals surface area contributed by atoms with Crippen molar-refractivity contribution in [2.45, 2.75) is 18.7 Å². The molecule has 3 aromatic rings. The summed E-state index contributed by atoms with van der Waals surface area (Å²) in [7, 11) is -3.54. The zero-order valence-corrected chi connectivity index (χ0v) is 14.2. The molecule has 1 aromatic heterocycles. The fraction of sp³-hybridized carbons (Fsp3) is 0.222. The van der Waals surface area contributed by atoms with Crippen molar-refractivity contribution in [3.63, 3.8) is 0 Å². The highest BCUT2D eigenvalue weighted by Crippen LogP contribution is 2.25. The van der Waals surface area contributed by atoms with Gasteiger partial charge in [-0.05, 0) is 41.8 Å². The maximum atomic E-state index is 11.3. The van der Waals surface area contributed by atoms with E-state index in [9.17, 15) is 8.42 Å². The van der Waals surface area contributed by atoms with E-state index in [1.807, 2.05) is 36.4 Å². The van der Waals surface area contributed by atoms with Gasteiger partial charge in [-0.15, -0.1) is 0 Å². The summed E-state index contributed by atoms with van der Waals surface area (Å²) in [6.07, 6.45) is 2.85. The monoisotopic (exact) mass is 343 g/mol. The lowest BCUT2D eigenvalue weighted by molar-refractivity contribution is 0.597. The van der Waals surface area contributed by atoms with Gasteiger partial charge in [-0.1, -0.05) is 36.4 Å². The first-order chi connectivity index (χ1) is 11.5. The zero-order chi connectivity index (χ0) is 17.2. The molecule has 6 heteroatoms. The van der Waals surface area contributed by atoms with E-state index >= 15 is 0 Å². The van der Waals surface area contributed by atoms with Gasteiger partial charge >= 0.3 is 0 Å². The first-order valence-electron chi connectivity index (χ1n) is 7.81. The number of benzene rings is 2. The van der Waals surface area contributed by atoms with Crippen LogP contribution in [0.5, 0.6) is 0 Å². The number of fused-ring (bicyclic) bond motifs is 1. The third-order valence-corrected chi connectivity index (χ3v) is 4.74. The molecule has 2 aromatic carbocycles. The van der Waals surface area contributed by atoms with Crippen LogP contribution in [0, 0.1) is 0 Å². The molecular weight excluding hydrogens is 322 g/mol. The highest BCUT2D eigenvalue weighted by Gasteiger charge is 2.12. The smallest absolute Gasteiger partial charge is 0.213 e. The number of hydrogen-bond acceptors (Lipinski definition) is 3. The number of aromatic nitrogens is 1. The van der Waals surface area contributed by atoms with Crippen molar-refractivity contribution in [3.8, 4) is 0 Å². The van der Waals surface area contributed by atoms with Gasteiger partial charge in [0.25, 0.3) is 0 Å². The molecule has 4 N–H and O–H groups in total. The standard InChI is InChI=1S/C18H21N3O2S/c19-9-8-16-12-21(11-14-4-2-1-3-5-14)18-7-6-15(10-17(16)18)13-24(20,22)23/h1-7,10,12H,8-9,11,13,19H2,(H2,20,22,23). The minimum Gasteiger partial charge on any atom is -0.343 e. The lowest BCUT2D eigenvalue weighted by atomic mass is 10.1. The molecule has 5 nitrogen and oxygen atoms in total. The molecule has 126 valence electrons. The Hall–Kier alpha value is -2.15. The van der Waals surface area contributed by atoms with Crippen molar-refractivity contribution in [2.75, 3.05) is 6.54 Å². The van der Waals surface area contributed by atoms with E-state index in [4.69, 9.17) is 10.9 Å². The summed E-state index contributed by atoms with van der Waals surface area (Å²) in [6.45, 7) is 1.31. The normalized spacial score (nSPS) is 11.9. The highest BCUT2D eigenvalue weighted by molar-refractivity contribution is 7.88. The third-order valence-electron chi connectivity index (χ3n) is 4.01. The summed E-state index contributed by atoms with van der Waals surface area (Å²) in [5.74, 6) is -0.158. The van der Waals surface area contributed by atoms with E-state index in [1.165, 1.54) is 5.56 Å². The number of nitrogens with zero attached hydrogens (tertiary/aromatic N) is 1. The number of primary sulfonamides is 1. The molecule has 0 bridgehead atoms. The molecule has 0 aliphatic heterocycles. The van der Waals surface area contributed by atoms with E-state index in [2.05, 4.69) is 22.9 Å². The fourth-order valence-corrected chi connectivity index (χ4v) is 3.65. The second-order valence-corrected chi connectivity index (χ2v) is 7.58. The molecule has 24 heavy (non-hydrogen) atoms. The summed E-state index contributed by atoms with van der Waals surface area (Å²) in [5.41, 5.74) is 9.83. The van der Waals surface area contributed by atoms with E-state index in [0.29, 0.717) is 12.1 Å². The van der Waals surface area contributed by atoms with Gasteiger partial charge in [0, 0.05) is 23.6 Å². The Morgan fingerprint density at radius 3 is 2.42 bits per heavy atom. The number of sulfonamides is 1. The van der Waals surface area contributed by atoms with Crippen LogP contribution < -0.4 is 10.9 Å². The molecule has 0 atom stereocenters. The van der Waals surface area contributed by atoms with E-state index in [1.54, 1.807) is 0 Å². The van der Waals surface area contributed by atoms with Gasteiger partial charge in [0.1, 0.15) is 0 Å². The second kappa shape index (κ2) is 6.76. The van der Waals surface area contributed by atoms with Crippen LogP contribution in [0.3, 0.4) is 0 Å². The van der Waals surface area contributed by atoms with Crippen molar-refractivity contribution in [1.29, 1.82) is 0 Å². The average Bonchev–Trinajstić information content (AvgIpc) is 2.84. The molecule has 3 rings (SSSR count). The summed E-state index contributed by atoms with van der Waals surface area (Å²) in [4.78, 5) is 0. The maximum Gasteiger partial charge on any atom is 0.213 e. The molecule has 0 amide bonds. The molecule has 0 radical (unpaired) electrons. The number of nitrogens with two attached hydrogens (primary N) is 2. The molecular formula is C18H21N3O2S. The minimum absolute atomic E-state index is 0.158. The van der Waals surface area contributed by atoms with Gasteiger partial charge in [0.05, 0.1) is 5.75 Å². The lowest BCUT2D eigenvalue weighted by Gasteiger charge is -2.06. The molecule has 0 saturated carbocycles. The topological polar surface area (TPSA) is 91.1 Å². The molecule has 0 saturated heterocycles. The largest absolute Gasteiger partial charge is 0.343 e.